The van der Waals surface area contributed by atoms with Crippen molar-refractivity contribution in [3.05, 3.63) is 11.6 Å². The second kappa shape index (κ2) is 9.37. The first-order valence-electron chi connectivity index (χ1n) is 16.0. The van der Waals surface area contributed by atoms with Gasteiger partial charge < -0.3 is 24.1 Å². The minimum absolute atomic E-state index is 0.0110. The van der Waals surface area contributed by atoms with Crippen LogP contribution in [0, 0.1) is 45.3 Å². The van der Waals surface area contributed by atoms with Crippen LogP contribution in [-0.4, -0.2) is 59.1 Å². The molecule has 3 saturated carbocycles. The Morgan fingerprint density at radius 1 is 0.976 bits per heavy atom. The van der Waals surface area contributed by atoms with Crippen LogP contribution in [0.2, 0.25) is 0 Å². The van der Waals surface area contributed by atoms with Crippen molar-refractivity contribution in [3.8, 4) is 0 Å². The van der Waals surface area contributed by atoms with Crippen LogP contribution in [0.25, 0.3) is 0 Å². The van der Waals surface area contributed by atoms with Gasteiger partial charge in [-0.15, -0.1) is 0 Å². The van der Waals surface area contributed by atoms with E-state index in [1.165, 1.54) is 19.4 Å². The second-order valence-electron chi connectivity index (χ2n) is 16.1. The molecule has 0 spiro atoms. The van der Waals surface area contributed by atoms with E-state index in [1.807, 2.05) is 13.8 Å². The van der Waals surface area contributed by atoms with Crippen molar-refractivity contribution in [1.29, 1.82) is 0 Å². The lowest BCUT2D eigenvalue weighted by Gasteiger charge is -2.68. The van der Waals surface area contributed by atoms with E-state index in [2.05, 4.69) is 40.7 Å². The number of ketones is 1. The molecule has 0 aromatic carbocycles. The SMILES string of the molecule is CC(=O)OC1CC(=O)C(C)(C)[C@@H]2C[C@@H](O)[C@@]3(C)C4=CC[C@@H]([C@@H]5C[C@H]([C@@H]6OC6(C)C)O[C@H]5OC(C)=O)[C@]4(C)CC[C@@H]3[C@@]12C. The maximum absolute atomic E-state index is 13.4. The molecule has 2 heterocycles. The Kier molecular flexibility index (Phi) is 6.75. The van der Waals surface area contributed by atoms with Crippen LogP contribution < -0.4 is 0 Å². The third-order valence-electron chi connectivity index (χ3n) is 13.2. The van der Waals surface area contributed by atoms with Crippen molar-refractivity contribution in [2.45, 2.75) is 137 Å². The van der Waals surface area contributed by atoms with E-state index >= 15 is 0 Å². The van der Waals surface area contributed by atoms with Gasteiger partial charge in [-0.3, -0.25) is 14.4 Å². The Hall–Kier alpha value is -1.77. The maximum atomic E-state index is 13.4. The molecule has 2 aliphatic heterocycles. The minimum atomic E-state index is -0.633. The summed E-state index contributed by atoms with van der Waals surface area (Å²) >= 11 is 0. The van der Waals surface area contributed by atoms with Crippen molar-refractivity contribution >= 4 is 17.7 Å². The third-order valence-corrected chi connectivity index (χ3v) is 13.2. The summed E-state index contributed by atoms with van der Waals surface area (Å²) in [5.74, 6) is -0.480. The summed E-state index contributed by atoms with van der Waals surface area (Å²) in [6.07, 6.45) is 4.48. The zero-order chi connectivity index (χ0) is 30.8. The average Bonchev–Trinajstić information content (AvgIpc) is 3.16. The van der Waals surface area contributed by atoms with Crippen molar-refractivity contribution < 1.29 is 38.4 Å². The number of fused-ring (bicyclic) bond motifs is 5. The molecular formula is C34H50O8. The Morgan fingerprint density at radius 2 is 1.62 bits per heavy atom. The molecule has 4 aliphatic carbocycles. The molecule has 1 N–H and O–H groups in total. The third kappa shape index (κ3) is 4.06. The predicted molar refractivity (Wildman–Crippen MR) is 154 cm³/mol. The number of ether oxygens (including phenoxy) is 4. The first-order chi connectivity index (χ1) is 19.4. The van der Waals surface area contributed by atoms with Crippen LogP contribution in [-0.2, 0) is 33.3 Å². The molecule has 6 aliphatic rings. The van der Waals surface area contributed by atoms with Gasteiger partial charge in [-0.2, -0.15) is 0 Å². The van der Waals surface area contributed by atoms with Gasteiger partial charge in [0.1, 0.15) is 18.0 Å². The highest BCUT2D eigenvalue weighted by Gasteiger charge is 2.72. The summed E-state index contributed by atoms with van der Waals surface area (Å²) in [6, 6.07) is 0. The van der Waals surface area contributed by atoms with Crippen LogP contribution in [0.1, 0.15) is 101 Å². The van der Waals surface area contributed by atoms with E-state index in [0.717, 1.165) is 25.7 Å². The molecule has 8 nitrogen and oxygen atoms in total. The number of aliphatic hydroxyl groups excluding tert-OH is 1. The fourth-order valence-electron chi connectivity index (χ4n) is 11.1. The molecule has 42 heavy (non-hydrogen) atoms. The molecule has 234 valence electrons. The normalized spacial score (nSPS) is 50.2. The van der Waals surface area contributed by atoms with E-state index in [-0.39, 0.29) is 71.0 Å². The van der Waals surface area contributed by atoms with Crippen LogP contribution in [0.4, 0.5) is 0 Å². The molecule has 0 radical (unpaired) electrons. The lowest BCUT2D eigenvalue weighted by atomic mass is 9.36. The molecule has 0 bridgehead atoms. The molecule has 1 unspecified atom stereocenters. The number of carbonyl (C=O) groups excluding carboxylic acids is 3. The van der Waals surface area contributed by atoms with E-state index in [0.29, 0.717) is 6.42 Å². The minimum Gasteiger partial charge on any atom is -0.461 e. The highest BCUT2D eigenvalue weighted by atomic mass is 16.7. The van der Waals surface area contributed by atoms with Gasteiger partial charge in [0.2, 0.25) is 6.29 Å². The Labute approximate surface area is 250 Å². The number of aliphatic hydroxyl groups is 1. The second-order valence-corrected chi connectivity index (χ2v) is 16.1. The molecule has 2 saturated heterocycles. The number of epoxide rings is 1. The van der Waals surface area contributed by atoms with Crippen LogP contribution in [0.3, 0.4) is 0 Å². The predicted octanol–water partition coefficient (Wildman–Crippen LogP) is 5.14. The monoisotopic (exact) mass is 586 g/mol. The number of hydrogen-bond donors (Lipinski definition) is 1. The first kappa shape index (κ1) is 30.3. The summed E-state index contributed by atoms with van der Waals surface area (Å²) in [6.45, 7) is 17.7. The number of carbonyl (C=O) groups is 3. The van der Waals surface area contributed by atoms with Crippen molar-refractivity contribution in [2.24, 2.45) is 45.3 Å². The topological polar surface area (TPSA) is 112 Å². The summed E-state index contributed by atoms with van der Waals surface area (Å²) in [4.78, 5) is 37.8. The summed E-state index contributed by atoms with van der Waals surface area (Å²) < 4.78 is 24.1. The van der Waals surface area contributed by atoms with Gasteiger partial charge in [-0.25, -0.2) is 0 Å². The van der Waals surface area contributed by atoms with Gasteiger partial charge in [0.15, 0.2) is 0 Å². The molecule has 8 heteroatoms. The van der Waals surface area contributed by atoms with Crippen molar-refractivity contribution in [2.75, 3.05) is 0 Å². The fourth-order valence-corrected chi connectivity index (χ4v) is 11.1. The van der Waals surface area contributed by atoms with E-state index < -0.39 is 34.7 Å². The van der Waals surface area contributed by atoms with Crippen LogP contribution in [0.5, 0.6) is 0 Å². The van der Waals surface area contributed by atoms with Crippen LogP contribution in [0.15, 0.2) is 11.6 Å². The molecule has 5 fully saturated rings. The molecule has 12 atom stereocenters. The molecule has 0 aromatic heterocycles. The molecule has 0 aromatic rings. The van der Waals surface area contributed by atoms with E-state index in [4.69, 9.17) is 18.9 Å². The zero-order valence-corrected chi connectivity index (χ0v) is 26.8. The van der Waals surface area contributed by atoms with Gasteiger partial charge >= 0.3 is 11.9 Å². The zero-order valence-electron chi connectivity index (χ0n) is 26.8. The van der Waals surface area contributed by atoms with E-state index in [1.54, 1.807) is 0 Å². The first-order valence-corrected chi connectivity index (χ1v) is 16.0. The summed E-state index contributed by atoms with van der Waals surface area (Å²) in [5, 5.41) is 12.1. The van der Waals surface area contributed by atoms with Gasteiger partial charge in [-0.1, -0.05) is 46.3 Å². The van der Waals surface area contributed by atoms with Gasteiger partial charge in [0.25, 0.3) is 0 Å². The van der Waals surface area contributed by atoms with Crippen molar-refractivity contribution in [3.63, 3.8) is 0 Å². The number of Topliss-reactive ketones (excluding diaryl/α,β-unsaturated/α-hetero) is 1. The maximum Gasteiger partial charge on any atom is 0.304 e. The lowest BCUT2D eigenvalue weighted by molar-refractivity contribution is -0.231. The largest absolute Gasteiger partial charge is 0.461 e. The lowest BCUT2D eigenvalue weighted by Crippen LogP contribution is -2.69. The smallest absolute Gasteiger partial charge is 0.304 e. The number of rotatable bonds is 4. The standard InChI is InChI=1S/C34H50O8/c1-17(35)39-27-16-25(37)30(3,4)24-15-26(38)33(8)22-11-10-20(32(22,7)13-12-23(33)34(24,27)9)19-14-21(28-31(5,6)42-28)41-29(19)40-18(2)36/h11,19-21,23-24,26-29,38H,10,12-16H2,1-9H3/t19-,20-,21+,23-,24-,26+,27?,28-,29+,32-,33-,34+/m0/s1. The number of hydrogen-bond acceptors (Lipinski definition) is 8. The highest BCUT2D eigenvalue weighted by molar-refractivity contribution is 5.86. The molecular weight excluding hydrogens is 536 g/mol. The van der Waals surface area contributed by atoms with Crippen molar-refractivity contribution in [1.82, 2.24) is 0 Å². The molecule has 0 amide bonds. The summed E-state index contributed by atoms with van der Waals surface area (Å²) in [7, 11) is 0. The van der Waals surface area contributed by atoms with E-state index in [9.17, 15) is 19.5 Å². The van der Waals surface area contributed by atoms with Crippen LogP contribution >= 0.6 is 0 Å². The number of allylic oxidation sites excluding steroid dienone is 1. The van der Waals surface area contributed by atoms with Gasteiger partial charge in [-0.05, 0) is 69.1 Å². The average molecular weight is 587 g/mol. The quantitative estimate of drug-likeness (QED) is 0.274. The Morgan fingerprint density at radius 3 is 2.21 bits per heavy atom. The molecule has 6 rings (SSSR count). The van der Waals surface area contributed by atoms with Gasteiger partial charge in [0.05, 0.1) is 17.8 Å². The highest BCUT2D eigenvalue weighted by Crippen LogP contribution is 2.73. The summed E-state index contributed by atoms with van der Waals surface area (Å²) in [5.41, 5.74) is -0.804. The fraction of sp³-hybridized carbons (Fsp3) is 0.853. The number of esters is 2. The Balaban J connectivity index is 1.35. The van der Waals surface area contributed by atoms with Gasteiger partial charge in [0, 0.05) is 42.4 Å². The Bertz CT molecular complexity index is 1220.